The second-order valence-corrected chi connectivity index (χ2v) is 6.47. The highest BCUT2D eigenvalue weighted by Gasteiger charge is 2.24. The lowest BCUT2D eigenvalue weighted by atomic mass is 9.97. The van der Waals surface area contributed by atoms with Gasteiger partial charge in [0.05, 0.1) is 12.4 Å². The average molecular weight is 302 g/mol. The summed E-state index contributed by atoms with van der Waals surface area (Å²) in [4.78, 5) is 11.8. The maximum atomic E-state index is 11.8. The molecule has 112 valence electrons. The van der Waals surface area contributed by atoms with E-state index in [0.29, 0.717) is 11.3 Å². The van der Waals surface area contributed by atoms with Crippen LogP contribution in [0.15, 0.2) is 24.3 Å². The molecule has 7 heteroatoms. The number of Topliss-reactive ketones (excluding diaryl/α,β-unsaturated/α-hetero) is 1. The molecule has 0 bridgehead atoms. The smallest absolute Gasteiger partial charge is 0.264 e. The number of ketones is 1. The van der Waals surface area contributed by atoms with Crippen LogP contribution in [0.2, 0.25) is 0 Å². The Hall–Kier alpha value is -1.44. The maximum Gasteiger partial charge on any atom is 0.264 e. The maximum absolute atomic E-state index is 11.8. The summed E-state index contributed by atoms with van der Waals surface area (Å²) < 4.78 is 34.8. The van der Waals surface area contributed by atoms with Gasteiger partial charge in [-0.2, -0.15) is 8.42 Å². The topological polar surface area (TPSA) is 101 Å². The number of benzene rings is 1. The monoisotopic (exact) mass is 302 g/mol. The molecule has 0 saturated carbocycles. The van der Waals surface area contributed by atoms with Gasteiger partial charge in [-0.05, 0) is 44.5 Å². The van der Waals surface area contributed by atoms with E-state index in [2.05, 4.69) is 0 Å². The van der Waals surface area contributed by atoms with Gasteiger partial charge in [-0.1, -0.05) is 0 Å². The van der Waals surface area contributed by atoms with Crippen molar-refractivity contribution in [2.45, 2.75) is 25.9 Å². The molecule has 0 aromatic heterocycles. The first-order valence-corrected chi connectivity index (χ1v) is 7.66. The largest absolute Gasteiger partial charge is 0.494 e. The van der Waals surface area contributed by atoms with Crippen LogP contribution in [0.1, 0.15) is 30.6 Å². The zero-order valence-corrected chi connectivity index (χ0v) is 12.2. The fraction of sp³-hybridized carbons (Fsp3) is 0.462. The Morgan fingerprint density at radius 1 is 1.25 bits per heavy atom. The van der Waals surface area contributed by atoms with E-state index in [1.807, 2.05) is 0 Å². The van der Waals surface area contributed by atoms with Gasteiger partial charge < -0.3 is 9.84 Å². The first-order valence-electron chi connectivity index (χ1n) is 6.05. The van der Waals surface area contributed by atoms with E-state index in [1.165, 1.54) is 26.0 Å². The summed E-state index contributed by atoms with van der Waals surface area (Å²) in [5.41, 5.74) is -1.07. The third kappa shape index (κ3) is 5.68. The molecule has 0 fully saturated rings. The van der Waals surface area contributed by atoms with Crippen LogP contribution in [0.4, 0.5) is 0 Å². The van der Waals surface area contributed by atoms with Gasteiger partial charge in [-0.25, -0.2) is 0 Å². The number of rotatable bonds is 7. The highest BCUT2D eigenvalue weighted by Crippen LogP contribution is 2.17. The SMILES string of the molecule is CC(C)(O)C(=O)c1ccc(OCCCS(=O)(=O)O)cc1. The summed E-state index contributed by atoms with van der Waals surface area (Å²) in [6.07, 6.45) is 0.170. The molecule has 6 nitrogen and oxygen atoms in total. The molecule has 1 aromatic rings. The van der Waals surface area contributed by atoms with Gasteiger partial charge in [0.2, 0.25) is 0 Å². The van der Waals surface area contributed by atoms with E-state index in [1.54, 1.807) is 12.1 Å². The molecule has 0 aliphatic rings. The van der Waals surface area contributed by atoms with Crippen molar-refractivity contribution >= 4 is 15.9 Å². The van der Waals surface area contributed by atoms with Crippen molar-refractivity contribution in [2.24, 2.45) is 0 Å². The van der Waals surface area contributed by atoms with Crippen molar-refractivity contribution in [3.05, 3.63) is 29.8 Å². The molecule has 1 aromatic carbocycles. The van der Waals surface area contributed by atoms with Crippen molar-refractivity contribution < 1.29 is 27.6 Å². The normalized spacial score (nSPS) is 12.2. The minimum atomic E-state index is -3.97. The van der Waals surface area contributed by atoms with Crippen molar-refractivity contribution in [3.8, 4) is 5.75 Å². The predicted molar refractivity (Wildman–Crippen MR) is 73.6 cm³/mol. The molecular weight excluding hydrogens is 284 g/mol. The van der Waals surface area contributed by atoms with E-state index in [4.69, 9.17) is 9.29 Å². The summed E-state index contributed by atoms with van der Waals surface area (Å²) >= 11 is 0. The third-order valence-corrected chi connectivity index (χ3v) is 3.29. The van der Waals surface area contributed by atoms with Crippen molar-refractivity contribution in [2.75, 3.05) is 12.4 Å². The molecule has 2 N–H and O–H groups in total. The van der Waals surface area contributed by atoms with Crippen molar-refractivity contribution in [3.63, 3.8) is 0 Å². The third-order valence-electron chi connectivity index (χ3n) is 2.49. The van der Waals surface area contributed by atoms with Crippen molar-refractivity contribution in [1.82, 2.24) is 0 Å². The van der Waals surface area contributed by atoms with Gasteiger partial charge in [0, 0.05) is 5.56 Å². The number of carbonyl (C=O) groups excluding carboxylic acids is 1. The number of ether oxygens (including phenoxy) is 1. The minimum Gasteiger partial charge on any atom is -0.494 e. The molecule has 0 saturated heterocycles. The van der Waals surface area contributed by atoms with Crippen LogP contribution in [0.3, 0.4) is 0 Å². The lowest BCUT2D eigenvalue weighted by molar-refractivity contribution is 0.0488. The standard InChI is InChI=1S/C13H18O6S/c1-13(2,15)12(14)10-4-6-11(7-5-10)19-8-3-9-20(16,17)18/h4-7,15H,3,8-9H2,1-2H3,(H,16,17,18). The average Bonchev–Trinajstić information content (AvgIpc) is 2.32. The summed E-state index contributed by atoms with van der Waals surface area (Å²) in [6.45, 7) is 2.96. The van der Waals surface area contributed by atoms with Gasteiger partial charge in [-0.15, -0.1) is 0 Å². The second kappa shape index (κ2) is 6.34. The molecule has 0 spiro atoms. The van der Waals surface area contributed by atoms with E-state index in [-0.39, 0.29) is 18.8 Å². The zero-order valence-electron chi connectivity index (χ0n) is 11.4. The number of carbonyl (C=O) groups is 1. The van der Waals surface area contributed by atoms with E-state index >= 15 is 0 Å². The molecule has 0 amide bonds. The van der Waals surface area contributed by atoms with E-state index in [9.17, 15) is 18.3 Å². The van der Waals surface area contributed by atoms with Crippen LogP contribution >= 0.6 is 0 Å². The lowest BCUT2D eigenvalue weighted by Crippen LogP contribution is -2.30. The first-order chi connectivity index (χ1) is 9.09. The Balaban J connectivity index is 2.53. The summed E-state index contributed by atoms with van der Waals surface area (Å²) in [5, 5.41) is 9.60. The van der Waals surface area contributed by atoms with Gasteiger partial charge >= 0.3 is 0 Å². The molecule has 20 heavy (non-hydrogen) atoms. The number of hydrogen-bond acceptors (Lipinski definition) is 5. The van der Waals surface area contributed by atoms with Gasteiger partial charge in [0.15, 0.2) is 5.78 Å². The molecule has 0 unspecified atom stereocenters. The minimum absolute atomic E-state index is 0.137. The number of aliphatic hydroxyl groups is 1. The van der Waals surface area contributed by atoms with Crippen molar-refractivity contribution in [1.29, 1.82) is 0 Å². The molecule has 0 aliphatic carbocycles. The number of hydrogen-bond donors (Lipinski definition) is 2. The van der Waals surface area contributed by atoms with Crippen LogP contribution in [0.5, 0.6) is 5.75 Å². The second-order valence-electron chi connectivity index (χ2n) is 4.90. The van der Waals surface area contributed by atoms with Gasteiger partial charge in [-0.3, -0.25) is 9.35 Å². The quantitative estimate of drug-likeness (QED) is 0.447. The highest BCUT2D eigenvalue weighted by molar-refractivity contribution is 7.85. The molecule has 0 aliphatic heterocycles. The predicted octanol–water partition coefficient (Wildman–Crippen LogP) is 1.30. The summed E-state index contributed by atoms with van der Waals surface area (Å²) in [5.74, 6) is -0.273. The Labute approximate surface area is 118 Å². The van der Waals surface area contributed by atoms with E-state index in [0.717, 1.165) is 0 Å². The fourth-order valence-electron chi connectivity index (χ4n) is 1.49. The van der Waals surface area contributed by atoms with Crippen LogP contribution < -0.4 is 4.74 Å². The fourth-order valence-corrected chi connectivity index (χ4v) is 1.97. The van der Waals surface area contributed by atoms with Crippen LogP contribution in [-0.2, 0) is 10.1 Å². The Bertz CT molecular complexity index is 554. The zero-order chi connectivity index (χ0) is 15.4. The Morgan fingerprint density at radius 2 is 1.80 bits per heavy atom. The van der Waals surface area contributed by atoms with Crippen LogP contribution in [-0.4, -0.2) is 41.8 Å². The summed E-state index contributed by atoms with van der Waals surface area (Å²) in [6, 6.07) is 6.18. The summed E-state index contributed by atoms with van der Waals surface area (Å²) in [7, 11) is -3.97. The molecular formula is C13H18O6S. The Kier molecular flexibility index (Phi) is 5.27. The molecule has 1 rings (SSSR count). The Morgan fingerprint density at radius 3 is 2.25 bits per heavy atom. The van der Waals surface area contributed by atoms with E-state index < -0.39 is 21.5 Å². The van der Waals surface area contributed by atoms with Gasteiger partial charge in [0.1, 0.15) is 11.4 Å². The lowest BCUT2D eigenvalue weighted by Gasteiger charge is -2.15. The van der Waals surface area contributed by atoms with Crippen LogP contribution in [0, 0.1) is 0 Å². The van der Waals surface area contributed by atoms with Gasteiger partial charge in [0.25, 0.3) is 10.1 Å². The first kappa shape index (κ1) is 16.6. The molecule has 0 atom stereocenters. The highest BCUT2D eigenvalue weighted by atomic mass is 32.2. The van der Waals surface area contributed by atoms with Crippen LogP contribution in [0.25, 0.3) is 0 Å². The molecule has 0 radical (unpaired) electrons. The molecule has 0 heterocycles.